The van der Waals surface area contributed by atoms with Crippen molar-refractivity contribution in [3.8, 4) is 0 Å². The Morgan fingerprint density at radius 2 is 2.05 bits per heavy atom. The molecule has 1 fully saturated rings. The molecule has 1 atom stereocenters. The Bertz CT molecular complexity index is 626. The second kappa shape index (κ2) is 5.27. The standard InChI is InChI=1S/C16H20N2O2/c1-18-13-10-6-5-9-12(13)17-15(18)14(16(19)20-2)11-7-3-4-8-11/h5-6,9-11,14H,3-4,7-8H2,1-2H3. The molecule has 0 bridgehead atoms. The molecule has 1 saturated carbocycles. The van der Waals surface area contributed by atoms with Crippen molar-refractivity contribution in [1.82, 2.24) is 9.55 Å². The fraction of sp³-hybridized carbons (Fsp3) is 0.500. The molecule has 1 aliphatic carbocycles. The summed E-state index contributed by atoms with van der Waals surface area (Å²) in [6.07, 6.45) is 4.57. The summed E-state index contributed by atoms with van der Waals surface area (Å²) in [5.41, 5.74) is 2.01. The normalized spacial score (nSPS) is 17.5. The van der Waals surface area contributed by atoms with Gasteiger partial charge >= 0.3 is 5.97 Å². The first-order valence-corrected chi connectivity index (χ1v) is 7.21. The number of aromatic nitrogens is 2. The van der Waals surface area contributed by atoms with E-state index in [0.717, 1.165) is 29.7 Å². The number of para-hydroxylation sites is 2. The minimum Gasteiger partial charge on any atom is -0.468 e. The number of imidazole rings is 1. The minimum atomic E-state index is -0.236. The lowest BCUT2D eigenvalue weighted by Gasteiger charge is -2.20. The van der Waals surface area contributed by atoms with Gasteiger partial charge in [0.25, 0.3) is 0 Å². The predicted molar refractivity (Wildman–Crippen MR) is 77.4 cm³/mol. The Balaban J connectivity index is 2.08. The first kappa shape index (κ1) is 13.2. The molecule has 1 aromatic carbocycles. The van der Waals surface area contributed by atoms with E-state index in [1.165, 1.54) is 20.0 Å². The fourth-order valence-corrected chi connectivity index (χ4v) is 3.37. The van der Waals surface area contributed by atoms with Crippen molar-refractivity contribution in [2.75, 3.05) is 7.11 Å². The van der Waals surface area contributed by atoms with Crippen LogP contribution in [0.4, 0.5) is 0 Å². The molecule has 2 aromatic rings. The van der Waals surface area contributed by atoms with Gasteiger partial charge in [0.05, 0.1) is 18.1 Å². The van der Waals surface area contributed by atoms with Crippen LogP contribution < -0.4 is 0 Å². The van der Waals surface area contributed by atoms with Gasteiger partial charge in [-0.05, 0) is 30.9 Å². The summed E-state index contributed by atoms with van der Waals surface area (Å²) in [5, 5.41) is 0. The van der Waals surface area contributed by atoms with E-state index >= 15 is 0 Å². The van der Waals surface area contributed by atoms with Gasteiger partial charge < -0.3 is 9.30 Å². The number of fused-ring (bicyclic) bond motifs is 1. The maximum absolute atomic E-state index is 12.3. The highest BCUT2D eigenvalue weighted by molar-refractivity contribution is 5.81. The zero-order chi connectivity index (χ0) is 14.1. The van der Waals surface area contributed by atoms with Gasteiger partial charge in [-0.2, -0.15) is 0 Å². The first-order chi connectivity index (χ1) is 9.72. The lowest BCUT2D eigenvalue weighted by Crippen LogP contribution is -2.24. The van der Waals surface area contributed by atoms with Crippen LogP contribution in [0.5, 0.6) is 0 Å². The molecule has 0 saturated heterocycles. The summed E-state index contributed by atoms with van der Waals surface area (Å²) < 4.78 is 7.07. The van der Waals surface area contributed by atoms with Gasteiger partial charge in [0.2, 0.25) is 0 Å². The highest BCUT2D eigenvalue weighted by Crippen LogP contribution is 2.38. The third kappa shape index (κ3) is 2.09. The molecule has 4 nitrogen and oxygen atoms in total. The Kier molecular flexibility index (Phi) is 3.47. The monoisotopic (exact) mass is 272 g/mol. The second-order valence-electron chi connectivity index (χ2n) is 5.56. The van der Waals surface area contributed by atoms with Crippen LogP contribution in [-0.4, -0.2) is 22.6 Å². The molecule has 20 heavy (non-hydrogen) atoms. The topological polar surface area (TPSA) is 44.1 Å². The van der Waals surface area contributed by atoms with Crippen LogP contribution in [0.1, 0.15) is 37.4 Å². The fourth-order valence-electron chi connectivity index (χ4n) is 3.37. The van der Waals surface area contributed by atoms with Gasteiger partial charge in [-0.3, -0.25) is 4.79 Å². The second-order valence-corrected chi connectivity index (χ2v) is 5.56. The van der Waals surface area contributed by atoms with Crippen molar-refractivity contribution in [2.24, 2.45) is 13.0 Å². The number of methoxy groups -OCH3 is 1. The number of esters is 1. The largest absolute Gasteiger partial charge is 0.468 e. The Labute approximate surface area is 118 Å². The Hall–Kier alpha value is -1.84. The van der Waals surface area contributed by atoms with Crippen LogP contribution in [0.3, 0.4) is 0 Å². The molecule has 0 N–H and O–H groups in total. The van der Waals surface area contributed by atoms with Crippen LogP contribution in [0.2, 0.25) is 0 Å². The van der Waals surface area contributed by atoms with Crippen LogP contribution in [0, 0.1) is 5.92 Å². The Morgan fingerprint density at radius 1 is 1.35 bits per heavy atom. The number of aryl methyl sites for hydroxylation is 1. The number of carbonyl (C=O) groups is 1. The molecular weight excluding hydrogens is 252 g/mol. The number of ether oxygens (including phenoxy) is 1. The van der Waals surface area contributed by atoms with Crippen LogP contribution in [-0.2, 0) is 16.6 Å². The molecule has 3 rings (SSSR count). The molecule has 0 radical (unpaired) electrons. The minimum absolute atomic E-state index is 0.157. The van der Waals surface area contributed by atoms with E-state index in [1.807, 2.05) is 35.9 Å². The van der Waals surface area contributed by atoms with Crippen molar-refractivity contribution in [3.63, 3.8) is 0 Å². The average molecular weight is 272 g/mol. The van der Waals surface area contributed by atoms with E-state index in [9.17, 15) is 4.79 Å². The number of hydrogen-bond acceptors (Lipinski definition) is 3. The van der Waals surface area contributed by atoms with Crippen LogP contribution in [0.15, 0.2) is 24.3 Å². The molecule has 0 aliphatic heterocycles. The van der Waals surface area contributed by atoms with E-state index in [4.69, 9.17) is 4.74 Å². The summed E-state index contributed by atoms with van der Waals surface area (Å²) in [6, 6.07) is 8.00. The zero-order valence-electron chi connectivity index (χ0n) is 12.0. The molecule has 4 heteroatoms. The number of carbonyl (C=O) groups excluding carboxylic acids is 1. The molecule has 1 unspecified atom stereocenters. The number of nitrogens with zero attached hydrogens (tertiary/aromatic N) is 2. The molecule has 0 spiro atoms. The van der Waals surface area contributed by atoms with Crippen molar-refractivity contribution in [1.29, 1.82) is 0 Å². The molecule has 1 heterocycles. The van der Waals surface area contributed by atoms with Crippen molar-refractivity contribution >= 4 is 17.0 Å². The zero-order valence-corrected chi connectivity index (χ0v) is 12.0. The van der Waals surface area contributed by atoms with E-state index in [0.29, 0.717) is 5.92 Å². The predicted octanol–water partition coefficient (Wildman–Crippen LogP) is 3.02. The third-order valence-corrected chi connectivity index (χ3v) is 4.43. The molecule has 106 valence electrons. The smallest absolute Gasteiger partial charge is 0.316 e. The third-order valence-electron chi connectivity index (χ3n) is 4.43. The lowest BCUT2D eigenvalue weighted by atomic mass is 9.90. The highest BCUT2D eigenvalue weighted by atomic mass is 16.5. The summed E-state index contributed by atoms with van der Waals surface area (Å²) >= 11 is 0. The summed E-state index contributed by atoms with van der Waals surface area (Å²) in [4.78, 5) is 16.9. The van der Waals surface area contributed by atoms with Crippen LogP contribution in [0.25, 0.3) is 11.0 Å². The number of benzene rings is 1. The van der Waals surface area contributed by atoms with Gasteiger partial charge in [0.1, 0.15) is 11.7 Å². The van der Waals surface area contributed by atoms with E-state index in [2.05, 4.69) is 4.98 Å². The van der Waals surface area contributed by atoms with Gasteiger partial charge in [-0.25, -0.2) is 4.98 Å². The van der Waals surface area contributed by atoms with Crippen molar-refractivity contribution in [3.05, 3.63) is 30.1 Å². The lowest BCUT2D eigenvalue weighted by molar-refractivity contribution is -0.144. The Morgan fingerprint density at radius 3 is 2.70 bits per heavy atom. The van der Waals surface area contributed by atoms with E-state index in [-0.39, 0.29) is 11.9 Å². The average Bonchev–Trinajstić information content (AvgIpc) is 3.09. The first-order valence-electron chi connectivity index (χ1n) is 7.21. The summed E-state index contributed by atoms with van der Waals surface area (Å²) in [6.45, 7) is 0. The van der Waals surface area contributed by atoms with Gasteiger partial charge in [-0.1, -0.05) is 25.0 Å². The van der Waals surface area contributed by atoms with Gasteiger partial charge in [0.15, 0.2) is 0 Å². The number of rotatable bonds is 3. The SMILES string of the molecule is COC(=O)C(c1nc2ccccc2n1C)C1CCCC1. The van der Waals surface area contributed by atoms with Gasteiger partial charge in [-0.15, -0.1) is 0 Å². The molecule has 0 amide bonds. The summed E-state index contributed by atoms with van der Waals surface area (Å²) in [7, 11) is 3.45. The molecule has 1 aromatic heterocycles. The maximum atomic E-state index is 12.3. The van der Waals surface area contributed by atoms with E-state index in [1.54, 1.807) is 0 Å². The van der Waals surface area contributed by atoms with Gasteiger partial charge in [0, 0.05) is 7.05 Å². The number of hydrogen-bond donors (Lipinski definition) is 0. The van der Waals surface area contributed by atoms with Crippen molar-refractivity contribution < 1.29 is 9.53 Å². The quantitative estimate of drug-likeness (QED) is 0.807. The van der Waals surface area contributed by atoms with Crippen LogP contribution >= 0.6 is 0 Å². The molecular formula is C16H20N2O2. The van der Waals surface area contributed by atoms with Crippen molar-refractivity contribution in [2.45, 2.75) is 31.6 Å². The van der Waals surface area contributed by atoms with E-state index < -0.39 is 0 Å². The summed E-state index contributed by atoms with van der Waals surface area (Å²) in [5.74, 6) is 0.804. The maximum Gasteiger partial charge on any atom is 0.316 e. The highest BCUT2D eigenvalue weighted by Gasteiger charge is 2.36. The molecule has 1 aliphatic rings.